The smallest absolute Gasteiger partial charge is 0.323 e. The number of fused-ring (bicyclic) bond motifs is 1. The van der Waals surface area contributed by atoms with Crippen LogP contribution < -0.4 is 10.3 Å². The van der Waals surface area contributed by atoms with E-state index >= 15 is 0 Å². The second-order valence-corrected chi connectivity index (χ2v) is 5.47. The molecule has 0 amide bonds. The number of ether oxygens (including phenoxy) is 1. The third-order valence-electron chi connectivity index (χ3n) is 4.15. The Morgan fingerprint density at radius 2 is 1.96 bits per heavy atom. The van der Waals surface area contributed by atoms with Crippen molar-refractivity contribution in [3.8, 4) is 11.4 Å². The van der Waals surface area contributed by atoms with Crippen LogP contribution in [-0.4, -0.2) is 32.5 Å². The van der Waals surface area contributed by atoms with Gasteiger partial charge < -0.3 is 14.4 Å². The fraction of sp³-hybridized carbons (Fsp3) is 0.235. The molecule has 1 aromatic carbocycles. The summed E-state index contributed by atoms with van der Waals surface area (Å²) in [7, 11) is 1.53. The molecule has 7 nitrogen and oxygen atoms in total. The number of para-hydroxylation sites is 2. The van der Waals surface area contributed by atoms with Gasteiger partial charge in [-0.1, -0.05) is 12.1 Å². The number of carboxylic acids is 1. The largest absolute Gasteiger partial charge is 0.494 e. The zero-order valence-electron chi connectivity index (χ0n) is 13.6. The third kappa shape index (κ3) is 2.34. The Hall–Kier alpha value is -3.09. The molecule has 0 radical (unpaired) electrons. The van der Waals surface area contributed by atoms with Gasteiger partial charge in [0.1, 0.15) is 18.0 Å². The van der Waals surface area contributed by atoms with Gasteiger partial charge in [0.15, 0.2) is 0 Å². The second-order valence-electron chi connectivity index (χ2n) is 5.47. The standard InChI is InChI=1S/C17H17N3O4/c1-10-12-8-18-20(13-6-4-5-7-14(13)24-3)17(23)16(12)11(2)19(10)9-15(21)22/h4-8H,9H2,1-3H3,(H,21,22). The molecule has 3 aromatic rings. The van der Waals surface area contributed by atoms with E-state index in [0.29, 0.717) is 33.6 Å². The molecule has 0 unspecified atom stereocenters. The zero-order chi connectivity index (χ0) is 17.4. The number of aryl methyl sites for hydroxylation is 2. The molecule has 3 rings (SSSR count). The van der Waals surface area contributed by atoms with Gasteiger partial charge >= 0.3 is 5.97 Å². The van der Waals surface area contributed by atoms with Gasteiger partial charge in [0.25, 0.3) is 5.56 Å². The van der Waals surface area contributed by atoms with Crippen LogP contribution in [0.25, 0.3) is 16.5 Å². The number of carboxylic acid groups (broad SMARTS) is 1. The fourth-order valence-electron chi connectivity index (χ4n) is 2.96. The van der Waals surface area contributed by atoms with Gasteiger partial charge in [0.2, 0.25) is 0 Å². The van der Waals surface area contributed by atoms with E-state index in [2.05, 4.69) is 5.10 Å². The van der Waals surface area contributed by atoms with E-state index in [1.807, 2.05) is 6.07 Å². The number of methoxy groups -OCH3 is 1. The number of carbonyl (C=O) groups is 1. The average Bonchev–Trinajstić information content (AvgIpc) is 2.80. The molecular weight excluding hydrogens is 310 g/mol. The van der Waals surface area contributed by atoms with Gasteiger partial charge in [0, 0.05) is 16.8 Å². The Bertz CT molecular complexity index is 1000. The second kappa shape index (κ2) is 5.84. The van der Waals surface area contributed by atoms with Gasteiger partial charge in [0.05, 0.1) is 18.7 Å². The number of rotatable bonds is 4. The average molecular weight is 327 g/mol. The van der Waals surface area contributed by atoms with Crippen LogP contribution in [0, 0.1) is 13.8 Å². The highest BCUT2D eigenvalue weighted by atomic mass is 16.5. The lowest BCUT2D eigenvalue weighted by Gasteiger charge is -2.09. The summed E-state index contributed by atoms with van der Waals surface area (Å²) in [5, 5.41) is 14.4. The van der Waals surface area contributed by atoms with E-state index in [1.54, 1.807) is 42.8 Å². The molecule has 0 bridgehead atoms. The zero-order valence-corrected chi connectivity index (χ0v) is 13.6. The van der Waals surface area contributed by atoms with Gasteiger partial charge in [-0.3, -0.25) is 9.59 Å². The predicted octanol–water partition coefficient (Wildman–Crippen LogP) is 1.90. The number of nitrogens with zero attached hydrogens (tertiary/aromatic N) is 3. The minimum Gasteiger partial charge on any atom is -0.494 e. The number of hydrogen-bond acceptors (Lipinski definition) is 4. The highest BCUT2D eigenvalue weighted by Crippen LogP contribution is 2.24. The monoisotopic (exact) mass is 327 g/mol. The van der Waals surface area contributed by atoms with Crippen molar-refractivity contribution in [1.29, 1.82) is 0 Å². The van der Waals surface area contributed by atoms with E-state index in [-0.39, 0.29) is 12.1 Å². The molecule has 0 atom stereocenters. The maximum absolute atomic E-state index is 13.0. The van der Waals surface area contributed by atoms with Crippen LogP contribution in [0.4, 0.5) is 0 Å². The van der Waals surface area contributed by atoms with Gasteiger partial charge in [-0.05, 0) is 26.0 Å². The van der Waals surface area contributed by atoms with E-state index < -0.39 is 5.97 Å². The highest BCUT2D eigenvalue weighted by molar-refractivity contribution is 5.87. The van der Waals surface area contributed by atoms with Crippen molar-refractivity contribution in [2.45, 2.75) is 20.4 Å². The molecule has 2 aromatic heterocycles. The van der Waals surface area contributed by atoms with E-state index in [4.69, 9.17) is 9.84 Å². The Labute approximate surface area is 137 Å². The maximum Gasteiger partial charge on any atom is 0.323 e. The Morgan fingerprint density at radius 1 is 1.25 bits per heavy atom. The van der Waals surface area contributed by atoms with Crippen LogP contribution in [0.15, 0.2) is 35.3 Å². The first-order valence-corrected chi connectivity index (χ1v) is 7.38. The fourth-order valence-corrected chi connectivity index (χ4v) is 2.96. The van der Waals surface area contributed by atoms with E-state index in [9.17, 15) is 9.59 Å². The molecule has 2 heterocycles. The summed E-state index contributed by atoms with van der Waals surface area (Å²) in [5.41, 5.74) is 1.55. The Morgan fingerprint density at radius 3 is 2.62 bits per heavy atom. The summed E-state index contributed by atoms with van der Waals surface area (Å²) >= 11 is 0. The van der Waals surface area contributed by atoms with Crippen molar-refractivity contribution in [1.82, 2.24) is 14.3 Å². The third-order valence-corrected chi connectivity index (χ3v) is 4.15. The molecule has 24 heavy (non-hydrogen) atoms. The molecule has 0 saturated heterocycles. The van der Waals surface area contributed by atoms with Crippen LogP contribution in [0.3, 0.4) is 0 Å². The van der Waals surface area contributed by atoms with E-state index in [1.165, 1.54) is 11.8 Å². The van der Waals surface area contributed by atoms with Crippen molar-refractivity contribution in [3.63, 3.8) is 0 Å². The SMILES string of the molecule is COc1ccccc1-n1ncc2c(C)n(CC(=O)O)c(C)c2c1=O. The first-order chi connectivity index (χ1) is 11.5. The lowest BCUT2D eigenvalue weighted by Crippen LogP contribution is -2.21. The minimum absolute atomic E-state index is 0.194. The first kappa shape index (κ1) is 15.8. The van der Waals surface area contributed by atoms with Crippen molar-refractivity contribution in [2.75, 3.05) is 7.11 Å². The first-order valence-electron chi connectivity index (χ1n) is 7.38. The van der Waals surface area contributed by atoms with Crippen molar-refractivity contribution in [2.24, 2.45) is 0 Å². The van der Waals surface area contributed by atoms with Gasteiger partial charge in [-0.15, -0.1) is 0 Å². The normalized spacial score (nSPS) is 11.0. The molecule has 0 aliphatic carbocycles. The molecule has 0 fully saturated rings. The lowest BCUT2D eigenvalue weighted by molar-refractivity contribution is -0.137. The van der Waals surface area contributed by atoms with Crippen molar-refractivity contribution < 1.29 is 14.6 Å². The number of aliphatic carboxylic acids is 1. The molecule has 0 spiro atoms. The van der Waals surface area contributed by atoms with Crippen LogP contribution in [-0.2, 0) is 11.3 Å². The molecule has 0 saturated carbocycles. The number of hydrogen-bond donors (Lipinski definition) is 1. The quantitative estimate of drug-likeness (QED) is 0.791. The van der Waals surface area contributed by atoms with Crippen LogP contribution >= 0.6 is 0 Å². The van der Waals surface area contributed by atoms with Crippen molar-refractivity contribution >= 4 is 16.7 Å². The maximum atomic E-state index is 13.0. The van der Waals surface area contributed by atoms with Gasteiger partial charge in [-0.25, -0.2) is 0 Å². The summed E-state index contributed by atoms with van der Waals surface area (Å²) < 4.78 is 8.19. The van der Waals surface area contributed by atoms with Crippen molar-refractivity contribution in [3.05, 3.63) is 52.2 Å². The Kier molecular flexibility index (Phi) is 3.84. The number of aromatic nitrogens is 3. The van der Waals surface area contributed by atoms with Crippen LogP contribution in [0.2, 0.25) is 0 Å². The topological polar surface area (TPSA) is 86.3 Å². The number of benzene rings is 1. The van der Waals surface area contributed by atoms with E-state index in [0.717, 1.165) is 0 Å². The van der Waals surface area contributed by atoms with Crippen LogP contribution in [0.1, 0.15) is 11.4 Å². The lowest BCUT2D eigenvalue weighted by atomic mass is 10.2. The molecule has 0 aliphatic rings. The summed E-state index contributed by atoms with van der Waals surface area (Å²) in [5.74, 6) is -0.426. The molecule has 1 N–H and O–H groups in total. The predicted molar refractivity (Wildman–Crippen MR) is 89.0 cm³/mol. The van der Waals surface area contributed by atoms with Gasteiger partial charge in [-0.2, -0.15) is 9.78 Å². The van der Waals surface area contributed by atoms with Crippen LogP contribution in [0.5, 0.6) is 5.75 Å². The molecule has 7 heteroatoms. The molecule has 124 valence electrons. The summed E-state index contributed by atoms with van der Waals surface area (Å²) in [4.78, 5) is 24.0. The Balaban J connectivity index is 2.31. The molecule has 0 aliphatic heterocycles. The summed E-state index contributed by atoms with van der Waals surface area (Å²) in [6.45, 7) is 3.33. The minimum atomic E-state index is -0.959. The summed E-state index contributed by atoms with van der Waals surface area (Å²) in [6.07, 6.45) is 1.59. The molecular formula is C17H17N3O4. The highest BCUT2D eigenvalue weighted by Gasteiger charge is 2.19. The summed E-state index contributed by atoms with van der Waals surface area (Å²) in [6, 6.07) is 7.10.